The maximum Gasteiger partial charge on any atom is 0.221 e. The highest BCUT2D eigenvalue weighted by atomic mass is 35.5. The van der Waals surface area contributed by atoms with E-state index >= 15 is 0 Å². The van der Waals surface area contributed by atoms with E-state index in [1.165, 1.54) is 5.56 Å². The van der Waals surface area contributed by atoms with Gasteiger partial charge in [-0.1, -0.05) is 89.9 Å². The maximum atomic E-state index is 12.8. The fourth-order valence-electron chi connectivity index (χ4n) is 3.47. The van der Waals surface area contributed by atoms with Gasteiger partial charge in [0.2, 0.25) is 5.91 Å². The summed E-state index contributed by atoms with van der Waals surface area (Å²) in [6.07, 6.45) is 0.940. The Morgan fingerprint density at radius 2 is 1.59 bits per heavy atom. The molecule has 2 N–H and O–H groups in total. The lowest BCUT2D eigenvalue weighted by molar-refractivity contribution is -0.121. The van der Waals surface area contributed by atoms with Gasteiger partial charge in [0.25, 0.3) is 0 Å². The number of carbonyl (C=O) groups excluding carboxylic acids is 1. The molecule has 2 atom stereocenters. The fraction of sp³-hybridized carbons (Fsp3) is 0.208. The van der Waals surface area contributed by atoms with Crippen LogP contribution in [0, 0.1) is 0 Å². The molecular weight excluding hydrogens is 405 g/mol. The molecule has 5 heteroatoms. The Labute approximate surface area is 181 Å². The molecule has 0 aliphatic rings. The number of phenols is 1. The third-order valence-electron chi connectivity index (χ3n) is 4.86. The highest BCUT2D eigenvalue weighted by molar-refractivity contribution is 6.43. The first-order chi connectivity index (χ1) is 14.0. The number of nitrogens with one attached hydrogen (secondary N) is 1. The average Bonchev–Trinajstić information content (AvgIpc) is 2.72. The zero-order chi connectivity index (χ0) is 20.8. The van der Waals surface area contributed by atoms with Crippen LogP contribution < -0.4 is 5.32 Å². The standard InChI is InChI=1S/C24H23Cl2NO2/c1-16(14-17-8-4-2-5-9-17)27-22(28)15-20(18-10-6-3-7-11-18)19-12-13-21(25)23(26)24(19)29/h2-13,16,20,29H,14-15H2,1H3,(H,27,28)/t16-,20-/m0/s1. The van der Waals surface area contributed by atoms with Crippen LogP contribution >= 0.6 is 23.2 Å². The van der Waals surface area contributed by atoms with Gasteiger partial charge in [-0.15, -0.1) is 0 Å². The highest BCUT2D eigenvalue weighted by Gasteiger charge is 2.24. The van der Waals surface area contributed by atoms with Crippen molar-refractivity contribution in [3.63, 3.8) is 0 Å². The van der Waals surface area contributed by atoms with Crippen molar-refractivity contribution < 1.29 is 9.90 Å². The van der Waals surface area contributed by atoms with Crippen molar-refractivity contribution in [3.8, 4) is 5.75 Å². The molecule has 0 spiro atoms. The predicted molar refractivity (Wildman–Crippen MR) is 119 cm³/mol. The van der Waals surface area contributed by atoms with Gasteiger partial charge in [0.1, 0.15) is 10.8 Å². The lowest BCUT2D eigenvalue weighted by Gasteiger charge is -2.21. The predicted octanol–water partition coefficient (Wildman–Crippen LogP) is 5.97. The number of amides is 1. The minimum atomic E-state index is -0.338. The maximum absolute atomic E-state index is 12.8. The van der Waals surface area contributed by atoms with Gasteiger partial charge in [-0.05, 0) is 30.5 Å². The normalized spacial score (nSPS) is 12.9. The Morgan fingerprint density at radius 1 is 0.966 bits per heavy atom. The molecule has 3 nitrogen and oxygen atoms in total. The quantitative estimate of drug-likeness (QED) is 0.487. The molecule has 0 radical (unpaired) electrons. The summed E-state index contributed by atoms with van der Waals surface area (Å²) in [4.78, 5) is 12.8. The Kier molecular flexibility index (Phi) is 7.18. The van der Waals surface area contributed by atoms with Crippen molar-refractivity contribution in [2.24, 2.45) is 0 Å². The van der Waals surface area contributed by atoms with Crippen LogP contribution in [0.5, 0.6) is 5.75 Å². The second kappa shape index (κ2) is 9.82. The summed E-state index contributed by atoms with van der Waals surface area (Å²) in [5.41, 5.74) is 2.67. The largest absolute Gasteiger partial charge is 0.506 e. The SMILES string of the molecule is C[C@@H](Cc1ccccc1)NC(=O)C[C@@H](c1ccccc1)c1ccc(Cl)c(Cl)c1O. The van der Waals surface area contributed by atoms with Crippen LogP contribution in [0.2, 0.25) is 10.0 Å². The summed E-state index contributed by atoms with van der Waals surface area (Å²) in [6, 6.07) is 23.0. The summed E-state index contributed by atoms with van der Waals surface area (Å²) in [5, 5.41) is 14.0. The summed E-state index contributed by atoms with van der Waals surface area (Å²) >= 11 is 12.2. The Balaban J connectivity index is 1.79. The number of aromatic hydroxyl groups is 1. The van der Waals surface area contributed by atoms with Crippen molar-refractivity contribution in [1.82, 2.24) is 5.32 Å². The van der Waals surface area contributed by atoms with Gasteiger partial charge < -0.3 is 10.4 Å². The molecule has 0 fully saturated rings. The molecule has 0 saturated carbocycles. The number of carbonyl (C=O) groups is 1. The second-order valence-corrected chi connectivity index (χ2v) is 7.91. The first-order valence-corrected chi connectivity index (χ1v) is 10.3. The van der Waals surface area contributed by atoms with Gasteiger partial charge in [-0.2, -0.15) is 0 Å². The van der Waals surface area contributed by atoms with Gasteiger partial charge in [0.05, 0.1) is 5.02 Å². The van der Waals surface area contributed by atoms with Crippen LogP contribution in [0.25, 0.3) is 0 Å². The zero-order valence-corrected chi connectivity index (χ0v) is 17.6. The van der Waals surface area contributed by atoms with Gasteiger partial charge in [-0.3, -0.25) is 4.79 Å². The van der Waals surface area contributed by atoms with Crippen molar-refractivity contribution in [2.45, 2.75) is 31.7 Å². The van der Waals surface area contributed by atoms with E-state index in [-0.39, 0.29) is 40.1 Å². The minimum absolute atomic E-state index is 0.0104. The summed E-state index contributed by atoms with van der Waals surface area (Å²) in [7, 11) is 0. The lowest BCUT2D eigenvalue weighted by Crippen LogP contribution is -2.35. The average molecular weight is 428 g/mol. The van der Waals surface area contributed by atoms with Crippen molar-refractivity contribution in [1.29, 1.82) is 0 Å². The molecule has 0 unspecified atom stereocenters. The molecule has 0 aliphatic carbocycles. The first kappa shape index (κ1) is 21.2. The molecule has 0 saturated heterocycles. The van der Waals surface area contributed by atoms with E-state index in [9.17, 15) is 9.90 Å². The molecule has 29 heavy (non-hydrogen) atoms. The third-order valence-corrected chi connectivity index (χ3v) is 5.65. The van der Waals surface area contributed by atoms with E-state index in [2.05, 4.69) is 5.32 Å². The monoisotopic (exact) mass is 427 g/mol. The summed E-state index contributed by atoms with van der Waals surface area (Å²) in [5.74, 6) is -0.513. The topological polar surface area (TPSA) is 49.3 Å². The number of hydrogen-bond acceptors (Lipinski definition) is 2. The van der Waals surface area contributed by atoms with Crippen LogP contribution in [0.1, 0.15) is 36.0 Å². The molecular formula is C24H23Cl2NO2. The Bertz CT molecular complexity index is 961. The molecule has 3 aromatic carbocycles. The van der Waals surface area contributed by atoms with Gasteiger partial charge in [-0.25, -0.2) is 0 Å². The summed E-state index contributed by atoms with van der Waals surface area (Å²) in [6.45, 7) is 1.99. The highest BCUT2D eigenvalue weighted by Crippen LogP contribution is 2.41. The van der Waals surface area contributed by atoms with Crippen molar-refractivity contribution in [2.75, 3.05) is 0 Å². The van der Waals surface area contributed by atoms with E-state index in [0.717, 1.165) is 12.0 Å². The molecule has 0 heterocycles. The van der Waals surface area contributed by atoms with E-state index in [0.29, 0.717) is 5.56 Å². The second-order valence-electron chi connectivity index (χ2n) is 7.12. The van der Waals surface area contributed by atoms with Crippen LogP contribution in [0.15, 0.2) is 72.8 Å². The smallest absolute Gasteiger partial charge is 0.221 e. The molecule has 150 valence electrons. The number of benzene rings is 3. The van der Waals surface area contributed by atoms with E-state index in [1.54, 1.807) is 12.1 Å². The molecule has 3 aromatic rings. The van der Waals surface area contributed by atoms with Crippen LogP contribution in [0.3, 0.4) is 0 Å². The first-order valence-electron chi connectivity index (χ1n) is 9.50. The van der Waals surface area contributed by atoms with Gasteiger partial charge in [0.15, 0.2) is 0 Å². The Hall–Kier alpha value is -2.49. The molecule has 0 aromatic heterocycles. The van der Waals surface area contributed by atoms with E-state index < -0.39 is 0 Å². The number of phenolic OH excluding ortho intramolecular Hbond substituents is 1. The lowest BCUT2D eigenvalue weighted by atomic mass is 9.87. The number of hydrogen-bond donors (Lipinski definition) is 2. The van der Waals surface area contributed by atoms with Crippen LogP contribution in [-0.2, 0) is 11.2 Å². The van der Waals surface area contributed by atoms with Crippen LogP contribution in [0.4, 0.5) is 0 Å². The van der Waals surface area contributed by atoms with Gasteiger partial charge >= 0.3 is 0 Å². The summed E-state index contributed by atoms with van der Waals surface area (Å²) < 4.78 is 0. The minimum Gasteiger partial charge on any atom is -0.506 e. The van der Waals surface area contributed by atoms with Crippen molar-refractivity contribution in [3.05, 3.63) is 99.5 Å². The number of halogens is 2. The zero-order valence-electron chi connectivity index (χ0n) is 16.1. The fourth-order valence-corrected chi connectivity index (χ4v) is 3.79. The molecule has 1 amide bonds. The molecule has 0 aliphatic heterocycles. The molecule has 3 rings (SSSR count). The molecule has 0 bridgehead atoms. The number of rotatable bonds is 7. The Morgan fingerprint density at radius 3 is 2.24 bits per heavy atom. The third kappa shape index (κ3) is 5.53. The van der Waals surface area contributed by atoms with Crippen molar-refractivity contribution >= 4 is 29.1 Å². The van der Waals surface area contributed by atoms with Gasteiger partial charge in [0, 0.05) is 23.9 Å². The van der Waals surface area contributed by atoms with E-state index in [4.69, 9.17) is 23.2 Å². The van der Waals surface area contributed by atoms with Crippen LogP contribution in [-0.4, -0.2) is 17.1 Å². The van der Waals surface area contributed by atoms with E-state index in [1.807, 2.05) is 67.6 Å².